The Morgan fingerprint density at radius 3 is 2.41 bits per heavy atom. The van der Waals surface area contributed by atoms with Gasteiger partial charge in [0.15, 0.2) is 0 Å². The molecular formula is C24H29N3O4S. The summed E-state index contributed by atoms with van der Waals surface area (Å²) in [7, 11) is -3.76. The molecule has 4 rings (SSSR count). The second-order valence-electron chi connectivity index (χ2n) is 8.90. The lowest BCUT2D eigenvalue weighted by atomic mass is 10.1. The Bertz CT molecular complexity index is 1150. The molecule has 0 bridgehead atoms. The van der Waals surface area contributed by atoms with Gasteiger partial charge in [-0.15, -0.1) is 0 Å². The van der Waals surface area contributed by atoms with E-state index in [9.17, 15) is 18.0 Å². The molecule has 2 aliphatic rings. The molecule has 0 radical (unpaired) electrons. The second-order valence-corrected chi connectivity index (χ2v) is 10.7. The highest BCUT2D eigenvalue weighted by Gasteiger charge is 2.39. The summed E-state index contributed by atoms with van der Waals surface area (Å²) < 4.78 is 28.0. The maximum absolute atomic E-state index is 12.8. The number of hydrogen-bond donors (Lipinski definition) is 2. The van der Waals surface area contributed by atoms with Gasteiger partial charge in [-0.25, -0.2) is 13.1 Å². The third-order valence-corrected chi connectivity index (χ3v) is 7.35. The molecule has 170 valence electrons. The third-order valence-electron chi connectivity index (χ3n) is 5.89. The SMILES string of the molecule is Cc1cc(C)cc(NC(=O)CCNS(=O)(=O)c2ccc3c(c2)CC(C)N3C(=O)C2CC2)c1. The Kier molecular flexibility index (Phi) is 6.09. The average Bonchev–Trinajstić information content (AvgIpc) is 3.48. The number of sulfonamides is 1. The van der Waals surface area contributed by atoms with Gasteiger partial charge in [0.1, 0.15) is 0 Å². The van der Waals surface area contributed by atoms with Crippen molar-refractivity contribution >= 4 is 33.2 Å². The number of benzene rings is 2. The standard InChI is InChI=1S/C24H29N3O4S/c1-15-10-16(2)12-20(11-15)26-23(28)8-9-25-32(30,31)21-6-7-22-19(14-21)13-17(3)27(22)24(29)18-4-5-18/h6-7,10-12,14,17-18,25H,4-5,8-9,13H2,1-3H3,(H,26,28). The van der Waals surface area contributed by atoms with Gasteiger partial charge < -0.3 is 10.2 Å². The molecule has 2 aromatic carbocycles. The number of nitrogens with zero attached hydrogens (tertiary/aromatic N) is 1. The summed E-state index contributed by atoms with van der Waals surface area (Å²) in [5.41, 5.74) is 4.46. The molecule has 2 N–H and O–H groups in total. The van der Waals surface area contributed by atoms with Crippen LogP contribution >= 0.6 is 0 Å². The summed E-state index contributed by atoms with van der Waals surface area (Å²) >= 11 is 0. The van der Waals surface area contributed by atoms with Gasteiger partial charge in [-0.3, -0.25) is 9.59 Å². The van der Waals surface area contributed by atoms with Crippen molar-refractivity contribution in [2.75, 3.05) is 16.8 Å². The molecule has 1 aliphatic heterocycles. The minimum Gasteiger partial charge on any atom is -0.326 e. The molecule has 0 aromatic heterocycles. The zero-order valence-corrected chi connectivity index (χ0v) is 19.5. The van der Waals surface area contributed by atoms with E-state index < -0.39 is 10.0 Å². The number of fused-ring (bicyclic) bond motifs is 1. The van der Waals surface area contributed by atoms with E-state index in [2.05, 4.69) is 10.0 Å². The number of anilines is 2. The fraction of sp³-hybridized carbons (Fsp3) is 0.417. The molecule has 2 amide bonds. The van der Waals surface area contributed by atoms with E-state index >= 15 is 0 Å². The molecule has 1 fully saturated rings. The minimum atomic E-state index is -3.76. The maximum atomic E-state index is 12.8. The lowest BCUT2D eigenvalue weighted by molar-refractivity contribution is -0.120. The molecule has 1 saturated carbocycles. The van der Waals surface area contributed by atoms with Crippen LogP contribution in [0.25, 0.3) is 0 Å². The fourth-order valence-corrected chi connectivity index (χ4v) is 5.37. The number of rotatable bonds is 7. The van der Waals surface area contributed by atoms with Crippen LogP contribution in [0.5, 0.6) is 0 Å². The van der Waals surface area contributed by atoms with Gasteiger partial charge in [-0.05, 0) is 87.1 Å². The number of carbonyl (C=O) groups is 2. The summed E-state index contributed by atoms with van der Waals surface area (Å²) in [5.74, 6) is -0.00200. The molecular weight excluding hydrogens is 426 g/mol. The first-order valence-corrected chi connectivity index (χ1v) is 12.5. The van der Waals surface area contributed by atoms with E-state index in [1.54, 1.807) is 12.1 Å². The van der Waals surface area contributed by atoms with Crippen LogP contribution in [0.15, 0.2) is 41.3 Å². The number of nitrogens with one attached hydrogen (secondary N) is 2. The van der Waals surface area contributed by atoms with Crippen molar-refractivity contribution in [3.05, 3.63) is 53.1 Å². The van der Waals surface area contributed by atoms with Crippen LogP contribution in [0.2, 0.25) is 0 Å². The van der Waals surface area contributed by atoms with Gasteiger partial charge in [-0.2, -0.15) is 0 Å². The van der Waals surface area contributed by atoms with E-state index in [-0.39, 0.29) is 41.6 Å². The quantitative estimate of drug-likeness (QED) is 0.670. The largest absolute Gasteiger partial charge is 0.326 e. The van der Waals surface area contributed by atoms with Crippen LogP contribution in [-0.2, 0) is 26.0 Å². The summed E-state index contributed by atoms with van der Waals surface area (Å²) in [6, 6.07) is 10.7. The highest BCUT2D eigenvalue weighted by Crippen LogP contribution is 2.39. The molecule has 8 heteroatoms. The zero-order valence-electron chi connectivity index (χ0n) is 18.6. The predicted molar refractivity (Wildman–Crippen MR) is 124 cm³/mol. The van der Waals surface area contributed by atoms with E-state index in [1.165, 1.54) is 6.07 Å². The van der Waals surface area contributed by atoms with Crippen LogP contribution in [-0.4, -0.2) is 32.8 Å². The van der Waals surface area contributed by atoms with Gasteiger partial charge in [0.25, 0.3) is 0 Å². The first-order valence-electron chi connectivity index (χ1n) is 11.0. The monoisotopic (exact) mass is 455 g/mol. The number of carbonyl (C=O) groups excluding carboxylic acids is 2. The maximum Gasteiger partial charge on any atom is 0.240 e. The van der Waals surface area contributed by atoms with Gasteiger partial charge in [0.2, 0.25) is 21.8 Å². The second kappa shape index (κ2) is 8.67. The Balaban J connectivity index is 1.37. The van der Waals surface area contributed by atoms with E-state index in [0.29, 0.717) is 12.1 Å². The number of amides is 2. The summed E-state index contributed by atoms with van der Waals surface area (Å²) in [5, 5.41) is 2.81. The Morgan fingerprint density at radius 1 is 1.06 bits per heavy atom. The highest BCUT2D eigenvalue weighted by molar-refractivity contribution is 7.89. The van der Waals surface area contributed by atoms with Gasteiger partial charge >= 0.3 is 0 Å². The fourth-order valence-electron chi connectivity index (χ4n) is 4.29. The molecule has 32 heavy (non-hydrogen) atoms. The molecule has 1 unspecified atom stereocenters. The number of aryl methyl sites for hydroxylation is 2. The first-order chi connectivity index (χ1) is 15.1. The molecule has 0 spiro atoms. The lowest BCUT2D eigenvalue weighted by Gasteiger charge is -2.22. The van der Waals surface area contributed by atoms with E-state index in [1.807, 2.05) is 43.9 Å². The van der Waals surface area contributed by atoms with Crippen LogP contribution < -0.4 is 14.9 Å². The summed E-state index contributed by atoms with van der Waals surface area (Å²) in [4.78, 5) is 26.8. The van der Waals surface area contributed by atoms with Crippen LogP contribution in [0.4, 0.5) is 11.4 Å². The highest BCUT2D eigenvalue weighted by atomic mass is 32.2. The molecule has 0 saturated heterocycles. The molecule has 1 heterocycles. The molecule has 1 atom stereocenters. The Morgan fingerprint density at radius 2 is 1.75 bits per heavy atom. The lowest BCUT2D eigenvalue weighted by Crippen LogP contribution is -2.36. The van der Waals surface area contributed by atoms with Crippen molar-refractivity contribution in [2.45, 2.75) is 57.4 Å². The van der Waals surface area contributed by atoms with Crippen LogP contribution in [0.1, 0.15) is 42.9 Å². The van der Waals surface area contributed by atoms with Crippen molar-refractivity contribution < 1.29 is 18.0 Å². The summed E-state index contributed by atoms with van der Waals surface area (Å²) in [6.07, 6.45) is 2.53. The van der Waals surface area contributed by atoms with Crippen molar-refractivity contribution in [2.24, 2.45) is 5.92 Å². The average molecular weight is 456 g/mol. The van der Waals surface area contributed by atoms with Gasteiger partial charge in [0, 0.05) is 36.3 Å². The van der Waals surface area contributed by atoms with E-state index in [0.717, 1.165) is 35.2 Å². The molecule has 7 nitrogen and oxygen atoms in total. The topological polar surface area (TPSA) is 95.6 Å². The van der Waals surface area contributed by atoms with Gasteiger partial charge in [-0.1, -0.05) is 6.07 Å². The van der Waals surface area contributed by atoms with Crippen molar-refractivity contribution in [3.63, 3.8) is 0 Å². The van der Waals surface area contributed by atoms with Crippen LogP contribution in [0.3, 0.4) is 0 Å². The van der Waals surface area contributed by atoms with Crippen molar-refractivity contribution in [1.82, 2.24) is 4.72 Å². The van der Waals surface area contributed by atoms with Crippen LogP contribution in [0, 0.1) is 19.8 Å². The predicted octanol–water partition coefficient (Wildman–Crippen LogP) is 3.30. The third kappa shape index (κ3) is 4.86. The number of hydrogen-bond acceptors (Lipinski definition) is 4. The summed E-state index contributed by atoms with van der Waals surface area (Å²) in [6.45, 7) is 5.89. The van der Waals surface area contributed by atoms with E-state index in [4.69, 9.17) is 0 Å². The Hall–Kier alpha value is -2.71. The van der Waals surface area contributed by atoms with Crippen molar-refractivity contribution in [1.29, 1.82) is 0 Å². The van der Waals surface area contributed by atoms with Crippen molar-refractivity contribution in [3.8, 4) is 0 Å². The first kappa shape index (κ1) is 22.5. The minimum absolute atomic E-state index is 0.00125. The zero-order chi connectivity index (χ0) is 23.0. The normalized spacial score (nSPS) is 17.8. The molecule has 1 aliphatic carbocycles. The Labute approximate surface area is 189 Å². The smallest absolute Gasteiger partial charge is 0.240 e. The molecule has 2 aromatic rings. The van der Waals surface area contributed by atoms with Gasteiger partial charge in [0.05, 0.1) is 4.90 Å².